The van der Waals surface area contributed by atoms with Gasteiger partial charge >= 0.3 is 6.03 Å². The molecule has 2 aliphatic heterocycles. The molecule has 3 heterocycles. The van der Waals surface area contributed by atoms with E-state index in [1.54, 1.807) is 4.90 Å². The molecule has 0 radical (unpaired) electrons. The molecule has 0 saturated carbocycles. The van der Waals surface area contributed by atoms with Gasteiger partial charge in [-0.15, -0.1) is 0 Å². The number of benzene rings is 1. The molecule has 1 aromatic heterocycles. The summed E-state index contributed by atoms with van der Waals surface area (Å²) in [5.74, 6) is -0.604. The minimum atomic E-state index is -0.509. The lowest BCUT2D eigenvalue weighted by atomic mass is 10.0. The fraction of sp³-hybridized carbons (Fsp3) is 0.312. The quantitative estimate of drug-likeness (QED) is 0.803. The van der Waals surface area contributed by atoms with E-state index in [-0.39, 0.29) is 24.9 Å². The minimum absolute atomic E-state index is 0.0444. The number of fused-ring (bicyclic) bond motifs is 3. The first-order valence-corrected chi connectivity index (χ1v) is 8.06. The second kappa shape index (κ2) is 5.52. The van der Waals surface area contributed by atoms with Crippen LogP contribution in [0.5, 0.6) is 0 Å². The molecule has 0 unspecified atom stereocenters. The monoisotopic (exact) mass is 346 g/mol. The predicted molar refractivity (Wildman–Crippen MR) is 87.5 cm³/mol. The van der Waals surface area contributed by atoms with E-state index in [0.717, 1.165) is 27.1 Å². The van der Waals surface area contributed by atoms with Crippen LogP contribution in [0.3, 0.4) is 0 Å². The van der Waals surface area contributed by atoms with Gasteiger partial charge in [0.15, 0.2) is 0 Å². The van der Waals surface area contributed by atoms with Gasteiger partial charge in [-0.25, -0.2) is 4.79 Å². The number of imide groups is 1. The molecule has 4 amide bonds. The summed E-state index contributed by atoms with van der Waals surface area (Å²) >= 11 is 6.22. The molecule has 7 nitrogen and oxygen atoms in total. The van der Waals surface area contributed by atoms with Crippen molar-refractivity contribution in [1.29, 1.82) is 0 Å². The van der Waals surface area contributed by atoms with Gasteiger partial charge in [0, 0.05) is 36.2 Å². The number of halogens is 1. The first-order chi connectivity index (χ1) is 11.5. The summed E-state index contributed by atoms with van der Waals surface area (Å²) in [7, 11) is 0. The highest BCUT2D eigenvalue weighted by atomic mass is 35.5. The van der Waals surface area contributed by atoms with Crippen molar-refractivity contribution in [2.75, 3.05) is 19.6 Å². The van der Waals surface area contributed by atoms with Gasteiger partial charge in [-0.05, 0) is 6.07 Å². The summed E-state index contributed by atoms with van der Waals surface area (Å²) in [6.45, 7) is 0.721. The van der Waals surface area contributed by atoms with Crippen molar-refractivity contribution >= 4 is 40.3 Å². The first-order valence-electron chi connectivity index (χ1n) is 7.68. The largest absolute Gasteiger partial charge is 0.357 e. The molecule has 1 fully saturated rings. The normalized spacial score (nSPS) is 17.4. The summed E-state index contributed by atoms with van der Waals surface area (Å²) in [5.41, 5.74) is 3.01. The molecule has 1 saturated heterocycles. The Hall–Kier alpha value is -2.54. The highest BCUT2D eigenvalue weighted by Crippen LogP contribution is 2.31. The van der Waals surface area contributed by atoms with Crippen LogP contribution < -0.4 is 5.32 Å². The van der Waals surface area contributed by atoms with E-state index in [0.29, 0.717) is 24.5 Å². The molecule has 1 aromatic carbocycles. The van der Waals surface area contributed by atoms with Crippen molar-refractivity contribution in [3.63, 3.8) is 0 Å². The Balaban J connectivity index is 1.56. The summed E-state index contributed by atoms with van der Waals surface area (Å²) in [4.78, 5) is 41.7. The maximum absolute atomic E-state index is 12.5. The highest BCUT2D eigenvalue weighted by Gasteiger charge is 2.33. The van der Waals surface area contributed by atoms with Crippen LogP contribution in [-0.2, 0) is 22.6 Å². The molecule has 2 aliphatic rings. The van der Waals surface area contributed by atoms with Crippen LogP contribution in [0, 0.1) is 0 Å². The van der Waals surface area contributed by atoms with Crippen LogP contribution in [-0.4, -0.2) is 52.3 Å². The van der Waals surface area contributed by atoms with E-state index in [9.17, 15) is 14.4 Å². The molecule has 0 spiro atoms. The van der Waals surface area contributed by atoms with E-state index in [4.69, 9.17) is 11.6 Å². The SMILES string of the molecule is O=C(CN1C(=O)CNC1=O)N1CCc2[nH]c3c(Cl)cccc3c2C1. The number of H-pyrrole nitrogens is 1. The third-order valence-corrected chi connectivity index (χ3v) is 4.86. The molecule has 8 heteroatoms. The summed E-state index contributed by atoms with van der Waals surface area (Å²) in [5, 5.41) is 4.07. The van der Waals surface area contributed by atoms with Crippen molar-refractivity contribution in [2.24, 2.45) is 0 Å². The number of para-hydroxylation sites is 1. The molecule has 0 aliphatic carbocycles. The lowest BCUT2D eigenvalue weighted by Crippen LogP contribution is -2.44. The average molecular weight is 347 g/mol. The lowest BCUT2D eigenvalue weighted by Gasteiger charge is -2.28. The number of aromatic nitrogens is 1. The standard InChI is InChI=1S/C16H15ClN4O3/c17-11-3-1-2-9-10-7-20(5-4-12(10)19-15(9)11)14(23)8-21-13(22)6-18-16(21)24/h1-3,19H,4-8H2,(H,18,24). The maximum Gasteiger partial charge on any atom is 0.325 e. The van der Waals surface area contributed by atoms with Crippen molar-refractivity contribution in [1.82, 2.24) is 20.1 Å². The number of amides is 4. The molecule has 2 aromatic rings. The number of nitrogens with zero attached hydrogens (tertiary/aromatic N) is 2. The van der Waals surface area contributed by atoms with Crippen molar-refractivity contribution in [3.05, 3.63) is 34.5 Å². The highest BCUT2D eigenvalue weighted by molar-refractivity contribution is 6.35. The Kier molecular flexibility index (Phi) is 3.45. The zero-order valence-corrected chi connectivity index (χ0v) is 13.5. The van der Waals surface area contributed by atoms with Gasteiger partial charge in [0.25, 0.3) is 5.91 Å². The Labute approximate surface area is 142 Å². The number of hydrogen-bond acceptors (Lipinski definition) is 3. The van der Waals surface area contributed by atoms with E-state index >= 15 is 0 Å². The smallest absolute Gasteiger partial charge is 0.325 e. The van der Waals surface area contributed by atoms with Gasteiger partial charge in [0.05, 0.1) is 17.1 Å². The average Bonchev–Trinajstić information content (AvgIpc) is 3.10. The zero-order chi connectivity index (χ0) is 16.8. The summed E-state index contributed by atoms with van der Waals surface area (Å²) in [6, 6.07) is 5.17. The zero-order valence-electron chi connectivity index (χ0n) is 12.8. The topological polar surface area (TPSA) is 85.5 Å². The molecular formula is C16H15ClN4O3. The molecule has 2 N–H and O–H groups in total. The van der Waals surface area contributed by atoms with E-state index < -0.39 is 6.03 Å². The second-order valence-electron chi connectivity index (χ2n) is 5.95. The number of rotatable bonds is 2. The predicted octanol–water partition coefficient (Wildman–Crippen LogP) is 1.26. The maximum atomic E-state index is 12.5. The Morgan fingerprint density at radius 1 is 1.29 bits per heavy atom. The number of hydrogen-bond donors (Lipinski definition) is 2. The van der Waals surface area contributed by atoms with Crippen LogP contribution in [0.1, 0.15) is 11.3 Å². The number of urea groups is 1. The van der Waals surface area contributed by atoms with Gasteiger partial charge in [-0.2, -0.15) is 0 Å². The molecular weight excluding hydrogens is 332 g/mol. The fourth-order valence-electron chi connectivity index (χ4n) is 3.27. The van der Waals surface area contributed by atoms with Gasteiger partial charge in [0.1, 0.15) is 6.54 Å². The van der Waals surface area contributed by atoms with E-state index in [1.165, 1.54) is 0 Å². The third kappa shape index (κ3) is 2.32. The van der Waals surface area contributed by atoms with Gasteiger partial charge in [-0.3, -0.25) is 14.5 Å². The van der Waals surface area contributed by atoms with Crippen LogP contribution in [0.25, 0.3) is 10.9 Å². The third-order valence-electron chi connectivity index (χ3n) is 4.54. The summed E-state index contributed by atoms with van der Waals surface area (Å²) < 4.78 is 0. The van der Waals surface area contributed by atoms with Crippen LogP contribution >= 0.6 is 11.6 Å². The first kappa shape index (κ1) is 15.0. The molecule has 4 rings (SSSR count). The number of aromatic amines is 1. The van der Waals surface area contributed by atoms with Crippen molar-refractivity contribution < 1.29 is 14.4 Å². The molecule has 124 valence electrons. The van der Waals surface area contributed by atoms with E-state index in [1.807, 2.05) is 18.2 Å². The van der Waals surface area contributed by atoms with Crippen molar-refractivity contribution in [3.8, 4) is 0 Å². The number of carbonyl (C=O) groups is 3. The number of nitrogens with one attached hydrogen (secondary N) is 2. The minimum Gasteiger partial charge on any atom is -0.357 e. The Morgan fingerprint density at radius 2 is 2.12 bits per heavy atom. The molecule has 24 heavy (non-hydrogen) atoms. The van der Waals surface area contributed by atoms with Crippen LogP contribution in [0.15, 0.2) is 18.2 Å². The van der Waals surface area contributed by atoms with Gasteiger partial charge < -0.3 is 15.2 Å². The summed E-state index contributed by atoms with van der Waals surface area (Å²) in [6.07, 6.45) is 0.687. The Bertz CT molecular complexity index is 860. The number of carbonyl (C=O) groups excluding carboxylic acids is 3. The molecule has 0 atom stereocenters. The van der Waals surface area contributed by atoms with Crippen LogP contribution in [0.4, 0.5) is 4.79 Å². The lowest BCUT2D eigenvalue weighted by molar-refractivity contribution is -0.137. The fourth-order valence-corrected chi connectivity index (χ4v) is 3.49. The van der Waals surface area contributed by atoms with Crippen LogP contribution in [0.2, 0.25) is 5.02 Å². The van der Waals surface area contributed by atoms with Gasteiger partial charge in [-0.1, -0.05) is 23.7 Å². The van der Waals surface area contributed by atoms with Crippen molar-refractivity contribution in [2.45, 2.75) is 13.0 Å². The molecule has 0 bridgehead atoms. The Morgan fingerprint density at radius 3 is 2.88 bits per heavy atom. The van der Waals surface area contributed by atoms with Gasteiger partial charge in [0.2, 0.25) is 5.91 Å². The van der Waals surface area contributed by atoms with E-state index in [2.05, 4.69) is 10.3 Å². The second-order valence-corrected chi connectivity index (χ2v) is 6.36.